The highest BCUT2D eigenvalue weighted by atomic mass is 32.1. The number of carbonyl (C=O) groups excluding carboxylic acids is 1. The number of hydrogen-bond acceptors (Lipinski definition) is 5. The van der Waals surface area contributed by atoms with Gasteiger partial charge in [0.1, 0.15) is 11.5 Å². The number of aryl methyl sites for hydroxylation is 1. The van der Waals surface area contributed by atoms with E-state index in [0.29, 0.717) is 11.5 Å². The Hall–Kier alpha value is -1.92. The Morgan fingerprint density at radius 3 is 2.86 bits per heavy atom. The third-order valence-electron chi connectivity index (χ3n) is 3.01. The maximum absolute atomic E-state index is 12.2. The third kappa shape index (κ3) is 3.06. The maximum atomic E-state index is 12.2. The molecule has 3 rings (SSSR count). The normalized spacial score (nSPS) is 12.3. The predicted molar refractivity (Wildman–Crippen MR) is 84.8 cm³/mol. The van der Waals surface area contributed by atoms with Crippen molar-refractivity contribution in [1.29, 1.82) is 0 Å². The van der Waals surface area contributed by atoms with Crippen molar-refractivity contribution in [3.63, 3.8) is 0 Å². The summed E-state index contributed by atoms with van der Waals surface area (Å²) in [5.74, 6) is 1.36. The van der Waals surface area contributed by atoms with Gasteiger partial charge in [0.15, 0.2) is 10.8 Å². The minimum atomic E-state index is -0.165. The van der Waals surface area contributed by atoms with Gasteiger partial charge >= 0.3 is 0 Å². The standard InChI is InChI=1S/C15H14N2O2S2/c1-9-5-6-12(19-9)15-17-11(8-21-15)14(18)16-10(2)13-4-3-7-20-13/h3-8,10H,1-2H3,(H,16,18)/t10-/m0/s1. The summed E-state index contributed by atoms with van der Waals surface area (Å²) in [6.45, 7) is 3.85. The van der Waals surface area contributed by atoms with Crippen molar-refractivity contribution in [2.45, 2.75) is 19.9 Å². The van der Waals surface area contributed by atoms with Crippen LogP contribution in [0.25, 0.3) is 10.8 Å². The van der Waals surface area contributed by atoms with Gasteiger partial charge in [-0.3, -0.25) is 4.79 Å². The zero-order valence-electron chi connectivity index (χ0n) is 11.6. The first-order valence-corrected chi connectivity index (χ1v) is 8.26. The minimum absolute atomic E-state index is 0.0199. The van der Waals surface area contributed by atoms with Crippen LogP contribution in [0, 0.1) is 6.92 Å². The zero-order valence-corrected chi connectivity index (χ0v) is 13.3. The van der Waals surface area contributed by atoms with E-state index < -0.39 is 0 Å². The zero-order chi connectivity index (χ0) is 14.8. The van der Waals surface area contributed by atoms with E-state index in [0.717, 1.165) is 15.6 Å². The molecule has 0 fully saturated rings. The van der Waals surface area contributed by atoms with Crippen molar-refractivity contribution in [1.82, 2.24) is 10.3 Å². The monoisotopic (exact) mass is 318 g/mol. The van der Waals surface area contributed by atoms with Crippen molar-refractivity contribution < 1.29 is 9.21 Å². The van der Waals surface area contributed by atoms with Crippen molar-refractivity contribution >= 4 is 28.6 Å². The van der Waals surface area contributed by atoms with Crippen molar-refractivity contribution in [3.05, 3.63) is 51.4 Å². The van der Waals surface area contributed by atoms with Crippen molar-refractivity contribution in [2.75, 3.05) is 0 Å². The Labute approximate surface area is 130 Å². The van der Waals surface area contributed by atoms with Gasteiger partial charge in [0, 0.05) is 10.3 Å². The fourth-order valence-corrected chi connectivity index (χ4v) is 3.41. The van der Waals surface area contributed by atoms with Crippen LogP contribution in [-0.2, 0) is 0 Å². The summed E-state index contributed by atoms with van der Waals surface area (Å²) in [6, 6.07) is 7.71. The van der Waals surface area contributed by atoms with Crippen LogP contribution in [0.5, 0.6) is 0 Å². The molecule has 3 aromatic rings. The van der Waals surface area contributed by atoms with E-state index in [1.165, 1.54) is 11.3 Å². The number of rotatable bonds is 4. The summed E-state index contributed by atoms with van der Waals surface area (Å²) in [6.07, 6.45) is 0. The van der Waals surface area contributed by atoms with Gasteiger partial charge < -0.3 is 9.73 Å². The minimum Gasteiger partial charge on any atom is -0.459 e. The molecule has 1 atom stereocenters. The van der Waals surface area contributed by atoms with E-state index in [-0.39, 0.29) is 11.9 Å². The molecular weight excluding hydrogens is 304 g/mol. The number of thiophene rings is 1. The lowest BCUT2D eigenvalue weighted by molar-refractivity contribution is 0.0936. The fraction of sp³-hybridized carbons (Fsp3) is 0.200. The Morgan fingerprint density at radius 2 is 2.19 bits per heavy atom. The van der Waals surface area contributed by atoms with Crippen LogP contribution in [0.15, 0.2) is 39.4 Å². The highest BCUT2D eigenvalue weighted by molar-refractivity contribution is 7.13. The summed E-state index contributed by atoms with van der Waals surface area (Å²) in [5, 5.41) is 7.42. The molecular formula is C15H14N2O2S2. The summed E-state index contributed by atoms with van der Waals surface area (Å²) < 4.78 is 5.52. The molecule has 3 heterocycles. The average molecular weight is 318 g/mol. The van der Waals surface area contributed by atoms with E-state index in [9.17, 15) is 4.79 Å². The molecule has 0 radical (unpaired) electrons. The first-order valence-electron chi connectivity index (χ1n) is 6.50. The molecule has 0 bridgehead atoms. The molecule has 1 N–H and O–H groups in total. The molecule has 4 nitrogen and oxygen atoms in total. The second-order valence-electron chi connectivity index (χ2n) is 4.66. The van der Waals surface area contributed by atoms with E-state index in [1.54, 1.807) is 16.7 Å². The van der Waals surface area contributed by atoms with Crippen molar-refractivity contribution in [3.8, 4) is 10.8 Å². The van der Waals surface area contributed by atoms with Crippen LogP contribution in [0.4, 0.5) is 0 Å². The second kappa shape index (κ2) is 5.83. The second-order valence-corrected chi connectivity index (χ2v) is 6.50. The average Bonchev–Trinajstić information content (AvgIpc) is 3.19. The number of amides is 1. The molecule has 6 heteroatoms. The summed E-state index contributed by atoms with van der Waals surface area (Å²) in [7, 11) is 0. The molecule has 21 heavy (non-hydrogen) atoms. The number of carbonyl (C=O) groups is 1. The van der Waals surface area contributed by atoms with Crippen LogP contribution in [0.3, 0.4) is 0 Å². The summed E-state index contributed by atoms with van der Waals surface area (Å²) in [5.41, 5.74) is 0.424. The van der Waals surface area contributed by atoms with Gasteiger partial charge in [-0.2, -0.15) is 0 Å². The third-order valence-corrected chi connectivity index (χ3v) is 4.92. The Morgan fingerprint density at radius 1 is 1.33 bits per heavy atom. The van der Waals surface area contributed by atoms with E-state index in [2.05, 4.69) is 10.3 Å². The fourth-order valence-electron chi connectivity index (χ4n) is 1.92. The SMILES string of the molecule is Cc1ccc(-c2nc(C(=O)N[C@@H](C)c3cccs3)cs2)o1. The van der Waals surface area contributed by atoms with Crippen LogP contribution in [-0.4, -0.2) is 10.9 Å². The van der Waals surface area contributed by atoms with Gasteiger partial charge in [0.25, 0.3) is 5.91 Å². The van der Waals surface area contributed by atoms with E-state index in [1.807, 2.05) is 43.5 Å². The van der Waals surface area contributed by atoms with E-state index in [4.69, 9.17) is 4.42 Å². The molecule has 3 aromatic heterocycles. The molecule has 0 saturated carbocycles. The predicted octanol–water partition coefficient (Wildman–Crippen LogP) is 4.26. The lowest BCUT2D eigenvalue weighted by atomic mass is 10.2. The number of furan rings is 1. The smallest absolute Gasteiger partial charge is 0.271 e. The maximum Gasteiger partial charge on any atom is 0.271 e. The van der Waals surface area contributed by atoms with Gasteiger partial charge in [-0.05, 0) is 37.4 Å². The number of nitrogens with zero attached hydrogens (tertiary/aromatic N) is 1. The molecule has 0 unspecified atom stereocenters. The van der Waals surface area contributed by atoms with Gasteiger partial charge in [-0.1, -0.05) is 6.07 Å². The highest BCUT2D eigenvalue weighted by Crippen LogP contribution is 2.26. The van der Waals surface area contributed by atoms with Gasteiger partial charge in [-0.15, -0.1) is 22.7 Å². The molecule has 0 aromatic carbocycles. The number of hydrogen-bond donors (Lipinski definition) is 1. The first kappa shape index (κ1) is 14.0. The van der Waals surface area contributed by atoms with Crippen LogP contribution < -0.4 is 5.32 Å². The molecule has 108 valence electrons. The quantitative estimate of drug-likeness (QED) is 0.782. The van der Waals surface area contributed by atoms with Crippen LogP contribution in [0.2, 0.25) is 0 Å². The summed E-state index contributed by atoms with van der Waals surface area (Å²) in [4.78, 5) is 17.7. The van der Waals surface area contributed by atoms with Gasteiger partial charge in [0.05, 0.1) is 6.04 Å². The first-order chi connectivity index (χ1) is 10.1. The highest BCUT2D eigenvalue weighted by Gasteiger charge is 2.16. The van der Waals surface area contributed by atoms with E-state index >= 15 is 0 Å². The molecule has 0 aliphatic rings. The largest absolute Gasteiger partial charge is 0.459 e. The number of aromatic nitrogens is 1. The van der Waals surface area contributed by atoms with Crippen LogP contribution in [0.1, 0.15) is 34.1 Å². The Bertz CT molecular complexity index is 743. The molecule has 0 spiro atoms. The Balaban J connectivity index is 1.72. The molecule has 0 aliphatic carbocycles. The lowest BCUT2D eigenvalue weighted by Crippen LogP contribution is -2.26. The number of nitrogens with one attached hydrogen (secondary N) is 1. The summed E-state index contributed by atoms with van der Waals surface area (Å²) >= 11 is 3.03. The van der Waals surface area contributed by atoms with Gasteiger partial charge in [-0.25, -0.2) is 4.98 Å². The van der Waals surface area contributed by atoms with Gasteiger partial charge in [0.2, 0.25) is 0 Å². The Kier molecular flexibility index (Phi) is 3.90. The topological polar surface area (TPSA) is 55.1 Å². The molecule has 0 aliphatic heterocycles. The molecule has 1 amide bonds. The van der Waals surface area contributed by atoms with Crippen molar-refractivity contribution in [2.24, 2.45) is 0 Å². The number of thiazole rings is 1. The molecule has 0 saturated heterocycles. The lowest BCUT2D eigenvalue weighted by Gasteiger charge is -2.10. The van der Waals surface area contributed by atoms with Crippen LogP contribution >= 0.6 is 22.7 Å².